The molecule has 1 atom stereocenters. The van der Waals surface area contributed by atoms with Crippen molar-refractivity contribution in [2.75, 3.05) is 45.9 Å². The van der Waals surface area contributed by atoms with Crippen molar-refractivity contribution in [2.45, 2.75) is 32.8 Å². The maximum Gasteiger partial charge on any atom is 0.260 e. The predicted octanol–water partition coefficient (Wildman–Crippen LogP) is 2.01. The summed E-state index contributed by atoms with van der Waals surface area (Å²) in [5.74, 6) is 0.841. The Balaban J connectivity index is 1.40. The van der Waals surface area contributed by atoms with E-state index >= 15 is 0 Å². The fourth-order valence-corrected chi connectivity index (χ4v) is 3.30. The highest BCUT2D eigenvalue weighted by Gasteiger charge is 2.25. The number of ether oxygens (including phenoxy) is 2. The number of hydrogen-bond acceptors (Lipinski definition) is 4. The van der Waals surface area contributed by atoms with Gasteiger partial charge in [-0.05, 0) is 49.9 Å². The molecule has 0 spiro atoms. The number of aryl methyl sites for hydroxylation is 2. The zero-order valence-corrected chi connectivity index (χ0v) is 14.8. The quantitative estimate of drug-likeness (QED) is 0.827. The number of piperazine rings is 1. The largest absolute Gasteiger partial charge is 0.484 e. The van der Waals surface area contributed by atoms with Crippen LogP contribution in [0.4, 0.5) is 0 Å². The Morgan fingerprint density at radius 1 is 1.21 bits per heavy atom. The molecule has 5 heteroatoms. The van der Waals surface area contributed by atoms with Gasteiger partial charge >= 0.3 is 0 Å². The molecule has 0 aliphatic carbocycles. The van der Waals surface area contributed by atoms with Crippen LogP contribution in [0, 0.1) is 13.8 Å². The van der Waals surface area contributed by atoms with Gasteiger partial charge in [-0.1, -0.05) is 6.07 Å². The smallest absolute Gasteiger partial charge is 0.260 e. The number of amides is 1. The van der Waals surface area contributed by atoms with Crippen LogP contribution in [0.25, 0.3) is 0 Å². The molecule has 2 heterocycles. The summed E-state index contributed by atoms with van der Waals surface area (Å²) in [4.78, 5) is 16.6. The molecule has 0 saturated carbocycles. The lowest BCUT2D eigenvalue weighted by Crippen LogP contribution is -2.51. The van der Waals surface area contributed by atoms with Crippen molar-refractivity contribution in [2.24, 2.45) is 0 Å². The maximum absolute atomic E-state index is 12.3. The van der Waals surface area contributed by atoms with E-state index in [1.807, 2.05) is 23.1 Å². The molecule has 2 saturated heterocycles. The lowest BCUT2D eigenvalue weighted by atomic mass is 10.1. The van der Waals surface area contributed by atoms with Crippen molar-refractivity contribution in [1.29, 1.82) is 0 Å². The first-order valence-electron chi connectivity index (χ1n) is 8.93. The summed E-state index contributed by atoms with van der Waals surface area (Å²) in [6.45, 7) is 9.56. The molecule has 0 bridgehead atoms. The lowest BCUT2D eigenvalue weighted by Gasteiger charge is -2.35. The summed E-state index contributed by atoms with van der Waals surface area (Å²) < 4.78 is 11.4. The van der Waals surface area contributed by atoms with Crippen LogP contribution >= 0.6 is 0 Å². The van der Waals surface area contributed by atoms with Crippen molar-refractivity contribution in [3.05, 3.63) is 29.3 Å². The molecule has 0 aromatic heterocycles. The number of benzene rings is 1. The minimum atomic E-state index is 0.0741. The first kappa shape index (κ1) is 17.2. The summed E-state index contributed by atoms with van der Waals surface area (Å²) in [5.41, 5.74) is 2.42. The number of hydrogen-bond donors (Lipinski definition) is 0. The van der Waals surface area contributed by atoms with E-state index < -0.39 is 0 Å². The fraction of sp³-hybridized carbons (Fsp3) is 0.632. The molecular formula is C19H28N2O3. The number of carbonyl (C=O) groups excluding carboxylic acids is 1. The molecule has 1 aromatic rings. The molecule has 1 aromatic carbocycles. The average Bonchev–Trinajstić information content (AvgIpc) is 3.09. The summed E-state index contributed by atoms with van der Waals surface area (Å²) in [6.07, 6.45) is 2.74. The number of carbonyl (C=O) groups is 1. The van der Waals surface area contributed by atoms with Gasteiger partial charge in [-0.25, -0.2) is 0 Å². The van der Waals surface area contributed by atoms with Crippen molar-refractivity contribution >= 4 is 5.91 Å². The van der Waals surface area contributed by atoms with E-state index in [1.54, 1.807) is 0 Å². The SMILES string of the molecule is Cc1ccc(OCC(=O)N2CCN(CC3CCCO3)CC2)cc1C. The van der Waals surface area contributed by atoms with Crippen LogP contribution in [0.15, 0.2) is 18.2 Å². The zero-order chi connectivity index (χ0) is 16.9. The highest BCUT2D eigenvalue weighted by molar-refractivity contribution is 5.77. The molecule has 1 amide bonds. The summed E-state index contributed by atoms with van der Waals surface area (Å²) >= 11 is 0. The van der Waals surface area contributed by atoms with Crippen LogP contribution in [0.1, 0.15) is 24.0 Å². The van der Waals surface area contributed by atoms with Crippen LogP contribution in [0.2, 0.25) is 0 Å². The Bertz CT molecular complexity index is 562. The lowest BCUT2D eigenvalue weighted by molar-refractivity contribution is -0.135. The van der Waals surface area contributed by atoms with E-state index in [-0.39, 0.29) is 12.5 Å². The standard InChI is InChI=1S/C19H28N2O3/c1-15-5-6-17(12-16(15)2)24-14-19(22)21-9-7-20(8-10-21)13-18-4-3-11-23-18/h5-6,12,18H,3-4,7-11,13-14H2,1-2H3. The van der Waals surface area contributed by atoms with E-state index in [9.17, 15) is 4.79 Å². The molecule has 2 aliphatic heterocycles. The third-order valence-electron chi connectivity index (χ3n) is 5.05. The van der Waals surface area contributed by atoms with Gasteiger partial charge in [-0.3, -0.25) is 9.69 Å². The highest BCUT2D eigenvalue weighted by atomic mass is 16.5. The minimum absolute atomic E-state index is 0.0741. The molecule has 2 fully saturated rings. The number of rotatable bonds is 5. The van der Waals surface area contributed by atoms with Crippen LogP contribution in [0.5, 0.6) is 5.75 Å². The molecule has 24 heavy (non-hydrogen) atoms. The van der Waals surface area contributed by atoms with Gasteiger partial charge in [0.05, 0.1) is 6.10 Å². The van der Waals surface area contributed by atoms with Gasteiger partial charge < -0.3 is 14.4 Å². The summed E-state index contributed by atoms with van der Waals surface area (Å²) in [5, 5.41) is 0. The second kappa shape index (κ2) is 7.99. The van der Waals surface area contributed by atoms with E-state index in [1.165, 1.54) is 24.0 Å². The van der Waals surface area contributed by atoms with Crippen molar-refractivity contribution in [1.82, 2.24) is 9.80 Å². The van der Waals surface area contributed by atoms with Gasteiger partial charge in [-0.2, -0.15) is 0 Å². The Labute approximate surface area is 144 Å². The van der Waals surface area contributed by atoms with Crippen LogP contribution in [-0.4, -0.2) is 67.7 Å². The van der Waals surface area contributed by atoms with Crippen molar-refractivity contribution in [3.8, 4) is 5.75 Å². The number of nitrogens with zero attached hydrogens (tertiary/aromatic N) is 2. The van der Waals surface area contributed by atoms with E-state index in [0.717, 1.165) is 45.1 Å². The third kappa shape index (κ3) is 4.48. The predicted molar refractivity (Wildman–Crippen MR) is 93.4 cm³/mol. The monoisotopic (exact) mass is 332 g/mol. The van der Waals surface area contributed by atoms with Gasteiger partial charge in [0, 0.05) is 39.3 Å². The van der Waals surface area contributed by atoms with Gasteiger partial charge in [-0.15, -0.1) is 0 Å². The molecule has 5 nitrogen and oxygen atoms in total. The van der Waals surface area contributed by atoms with Crippen molar-refractivity contribution < 1.29 is 14.3 Å². The van der Waals surface area contributed by atoms with Crippen LogP contribution < -0.4 is 4.74 Å². The molecule has 132 valence electrons. The average molecular weight is 332 g/mol. The molecule has 1 unspecified atom stereocenters. The van der Waals surface area contributed by atoms with Gasteiger partial charge in [0.15, 0.2) is 6.61 Å². The second-order valence-electron chi connectivity index (χ2n) is 6.85. The van der Waals surface area contributed by atoms with Gasteiger partial charge in [0.1, 0.15) is 5.75 Å². The fourth-order valence-electron chi connectivity index (χ4n) is 3.30. The first-order chi connectivity index (χ1) is 11.6. The molecular weight excluding hydrogens is 304 g/mol. The zero-order valence-electron chi connectivity index (χ0n) is 14.8. The van der Waals surface area contributed by atoms with Crippen molar-refractivity contribution in [3.63, 3.8) is 0 Å². The molecule has 0 N–H and O–H groups in total. The third-order valence-corrected chi connectivity index (χ3v) is 5.05. The molecule has 3 rings (SSSR count). The maximum atomic E-state index is 12.3. The minimum Gasteiger partial charge on any atom is -0.484 e. The highest BCUT2D eigenvalue weighted by Crippen LogP contribution is 2.17. The topological polar surface area (TPSA) is 42.0 Å². The summed E-state index contributed by atoms with van der Waals surface area (Å²) in [7, 11) is 0. The second-order valence-corrected chi connectivity index (χ2v) is 6.85. The van der Waals surface area contributed by atoms with E-state index in [0.29, 0.717) is 6.10 Å². The Morgan fingerprint density at radius 3 is 2.67 bits per heavy atom. The van der Waals surface area contributed by atoms with Gasteiger partial charge in [0.25, 0.3) is 5.91 Å². The van der Waals surface area contributed by atoms with Crippen LogP contribution in [0.3, 0.4) is 0 Å². The normalized spacial score (nSPS) is 21.9. The van der Waals surface area contributed by atoms with E-state index in [4.69, 9.17) is 9.47 Å². The van der Waals surface area contributed by atoms with Crippen LogP contribution in [-0.2, 0) is 9.53 Å². The van der Waals surface area contributed by atoms with Gasteiger partial charge in [0.2, 0.25) is 0 Å². The molecule has 2 aliphatic rings. The Morgan fingerprint density at radius 2 is 2.00 bits per heavy atom. The first-order valence-corrected chi connectivity index (χ1v) is 8.93. The molecule has 0 radical (unpaired) electrons. The summed E-state index contributed by atoms with van der Waals surface area (Å²) in [6, 6.07) is 5.94. The Kier molecular flexibility index (Phi) is 5.74. The van der Waals surface area contributed by atoms with E-state index in [2.05, 4.69) is 18.7 Å². The Hall–Kier alpha value is -1.59.